The predicted octanol–water partition coefficient (Wildman–Crippen LogP) is 5.50. The molecule has 0 spiro atoms. The molecule has 244 valence electrons. The second kappa shape index (κ2) is 21.4. The van der Waals surface area contributed by atoms with Crippen LogP contribution in [-0.2, 0) is 49.8 Å². The first-order valence-corrected chi connectivity index (χ1v) is 14.6. The van der Waals surface area contributed by atoms with Crippen LogP contribution in [0.5, 0.6) is 0 Å². The molecule has 0 saturated carbocycles. The van der Waals surface area contributed by atoms with Crippen molar-refractivity contribution in [2.75, 3.05) is 0 Å². The summed E-state index contributed by atoms with van der Waals surface area (Å²) in [5, 5.41) is 0. The smallest absolute Gasteiger partial charge is 0.741 e. The first-order chi connectivity index (χ1) is 17.8. The molecule has 0 amide bonds. The van der Waals surface area contributed by atoms with E-state index in [0.717, 1.165) is 0 Å². The fraction of sp³-hybridized carbons (Fsp3) is 0.579. The van der Waals surface area contributed by atoms with Crippen LogP contribution in [0.4, 0.5) is 39.5 Å². The summed E-state index contributed by atoms with van der Waals surface area (Å²) in [6, 6.07) is 0. The van der Waals surface area contributed by atoms with Gasteiger partial charge in [0.25, 0.3) is 0 Å². The maximum atomic E-state index is 10.7. The molecule has 22 heteroatoms. The van der Waals surface area contributed by atoms with E-state index in [9.17, 15) is 39.5 Å². The van der Waals surface area contributed by atoms with Gasteiger partial charge in [-0.2, -0.15) is 39.5 Å². The molecule has 0 saturated heterocycles. The normalized spacial score (nSPS) is 19.1. The van der Waals surface area contributed by atoms with Gasteiger partial charge in [-0.1, -0.05) is 48.6 Å². The van der Waals surface area contributed by atoms with Crippen LogP contribution >= 0.6 is 0 Å². The summed E-state index contributed by atoms with van der Waals surface area (Å²) in [4.78, 5) is 0. The summed E-state index contributed by atoms with van der Waals surface area (Å²) in [5.41, 5.74) is -16.9. The third-order valence-electron chi connectivity index (χ3n) is 3.52. The number of rotatable bonds is 0. The van der Waals surface area contributed by atoms with E-state index in [1.807, 2.05) is 0 Å². The molecule has 0 unspecified atom stereocenters. The summed E-state index contributed by atoms with van der Waals surface area (Å²) in [5.74, 6) is 0. The van der Waals surface area contributed by atoms with Crippen molar-refractivity contribution in [3.05, 3.63) is 48.6 Å². The van der Waals surface area contributed by atoms with Gasteiger partial charge in [0.15, 0.2) is 30.4 Å². The third-order valence-corrected chi connectivity index (χ3v) is 5.22. The van der Waals surface area contributed by atoms with E-state index < -0.39 is 46.9 Å². The van der Waals surface area contributed by atoms with Crippen molar-refractivity contribution >= 4 is 30.4 Å². The molecule has 0 atom stereocenters. The molecule has 41 heavy (non-hydrogen) atoms. The Hall–Kier alpha value is -1.32. The van der Waals surface area contributed by atoms with Crippen LogP contribution < -0.4 is 0 Å². The molecule has 0 fully saturated rings. The second-order valence-electron chi connectivity index (χ2n) is 6.89. The maximum Gasteiger partial charge on any atom is 3.00 e. The molecule has 0 aromatic heterocycles. The fourth-order valence-electron chi connectivity index (χ4n) is 1.71. The Morgan fingerprint density at radius 2 is 0.439 bits per heavy atom. The van der Waals surface area contributed by atoms with Crippen molar-refractivity contribution in [2.45, 2.75) is 67.9 Å². The first-order valence-electron chi connectivity index (χ1n) is 10.4. The van der Waals surface area contributed by atoms with Crippen LogP contribution in [0, 0.1) is 0 Å². The van der Waals surface area contributed by atoms with Gasteiger partial charge in [0.2, 0.25) is 0 Å². The van der Waals surface area contributed by atoms with Crippen molar-refractivity contribution in [1.29, 1.82) is 0 Å². The molecule has 0 bridgehead atoms. The number of alkyl halides is 9. The van der Waals surface area contributed by atoms with Crippen molar-refractivity contribution in [1.82, 2.24) is 0 Å². The van der Waals surface area contributed by atoms with Crippen LogP contribution in [0.15, 0.2) is 48.6 Å². The molecule has 0 aromatic rings. The van der Waals surface area contributed by atoms with Gasteiger partial charge in [-0.05, 0) is 51.4 Å². The third kappa shape index (κ3) is 30.0. The van der Waals surface area contributed by atoms with E-state index in [0.29, 0.717) is 0 Å². The van der Waals surface area contributed by atoms with Crippen molar-refractivity contribution in [3.63, 3.8) is 0 Å². The molecule has 2 aliphatic rings. The predicted molar refractivity (Wildman–Crippen MR) is 121 cm³/mol. The van der Waals surface area contributed by atoms with Crippen LogP contribution in [0.3, 0.4) is 0 Å². The standard InChI is InChI=1S/2C8H12.3CHF3O3S.Rh/c2*1-2-4-6-8-7-5-3-1;3*2-1(3,4)8(5,6)7;/h2*1-2,7-8H,3-6H2;3*(H,5,6,7);/q;;;;;+3/p-3/b2*2-1-,8-7-;;;;. The summed E-state index contributed by atoms with van der Waals surface area (Å²) >= 11 is 0. The van der Waals surface area contributed by atoms with Gasteiger partial charge in [0, 0.05) is 0 Å². The Balaban J connectivity index is -0.000000207. The molecule has 0 aromatic carbocycles. The van der Waals surface area contributed by atoms with Crippen LogP contribution in [0.2, 0.25) is 0 Å². The summed E-state index contributed by atoms with van der Waals surface area (Å²) in [7, 11) is -18.3. The van der Waals surface area contributed by atoms with Gasteiger partial charge in [-0.25, -0.2) is 25.3 Å². The summed E-state index contributed by atoms with van der Waals surface area (Å²) in [6.45, 7) is 0. The summed E-state index contributed by atoms with van der Waals surface area (Å²) < 4.78 is 177. The zero-order valence-corrected chi connectivity index (χ0v) is 24.5. The minimum Gasteiger partial charge on any atom is -0.741 e. The van der Waals surface area contributed by atoms with Crippen molar-refractivity contribution in [2.24, 2.45) is 0 Å². The number of allylic oxidation sites excluding steroid dienone is 8. The van der Waals surface area contributed by atoms with Gasteiger partial charge in [-0.3, -0.25) is 0 Å². The molecule has 2 rings (SSSR count). The van der Waals surface area contributed by atoms with E-state index in [2.05, 4.69) is 48.6 Å². The molecule has 0 heterocycles. The number of halogens is 9. The van der Waals surface area contributed by atoms with Crippen LogP contribution in [0.25, 0.3) is 0 Å². The molecular weight excluding hydrogens is 742 g/mol. The van der Waals surface area contributed by atoms with E-state index >= 15 is 0 Å². The van der Waals surface area contributed by atoms with E-state index in [4.69, 9.17) is 38.9 Å². The Bertz CT molecular complexity index is 959. The van der Waals surface area contributed by atoms with Gasteiger partial charge in [0.05, 0.1) is 0 Å². The minimum atomic E-state index is -6.09. The van der Waals surface area contributed by atoms with E-state index in [1.165, 1.54) is 51.4 Å². The van der Waals surface area contributed by atoms with Gasteiger partial charge < -0.3 is 13.7 Å². The largest absolute Gasteiger partial charge is 3.00 e. The van der Waals surface area contributed by atoms with Gasteiger partial charge in [0.1, 0.15) is 0 Å². The Morgan fingerprint density at radius 3 is 0.488 bits per heavy atom. The Kier molecular flexibility index (Phi) is 24.3. The van der Waals surface area contributed by atoms with Crippen LogP contribution in [0.1, 0.15) is 51.4 Å². The zero-order chi connectivity index (χ0) is 32.3. The van der Waals surface area contributed by atoms with Gasteiger partial charge in [-0.15, -0.1) is 0 Å². The molecule has 9 nitrogen and oxygen atoms in total. The zero-order valence-electron chi connectivity index (χ0n) is 20.4. The second-order valence-corrected chi connectivity index (χ2v) is 11.0. The topological polar surface area (TPSA) is 172 Å². The molecular formula is C19H24F9O9RhS3. The van der Waals surface area contributed by atoms with Crippen LogP contribution in [-0.4, -0.2) is 55.4 Å². The first kappa shape index (κ1) is 46.6. The molecule has 0 N–H and O–H groups in total. The van der Waals surface area contributed by atoms with E-state index in [-0.39, 0.29) is 19.5 Å². The monoisotopic (exact) mass is 766 g/mol. The number of hydrogen-bond donors (Lipinski definition) is 0. The van der Waals surface area contributed by atoms with Crippen molar-refractivity contribution < 1.29 is 97.9 Å². The number of hydrogen-bond acceptors (Lipinski definition) is 9. The van der Waals surface area contributed by atoms with Crippen molar-refractivity contribution in [3.8, 4) is 0 Å². The average molecular weight is 766 g/mol. The average Bonchev–Trinajstić information content (AvgIpc) is 2.64. The molecule has 0 aliphatic heterocycles. The van der Waals surface area contributed by atoms with E-state index in [1.54, 1.807) is 0 Å². The maximum absolute atomic E-state index is 10.7. The molecule has 2 aliphatic carbocycles. The summed E-state index contributed by atoms with van der Waals surface area (Å²) in [6.07, 6.45) is 28.0. The molecule has 0 radical (unpaired) electrons. The Morgan fingerprint density at radius 1 is 0.366 bits per heavy atom. The van der Waals surface area contributed by atoms with Gasteiger partial charge >= 0.3 is 36.0 Å². The SMILES string of the molecule is C1=C\CC/C=C\CC/1.C1=C\CC/C=C\CC/1.O=S(=O)([O-])C(F)(F)F.O=S(=O)([O-])C(F)(F)F.O=S(=O)([O-])C(F)(F)F.[Rh+3]. The Labute approximate surface area is 244 Å². The fourth-order valence-corrected chi connectivity index (χ4v) is 1.71. The quantitative estimate of drug-likeness (QED) is 0.102. The minimum absolute atomic E-state index is 0.